The lowest BCUT2D eigenvalue weighted by Crippen LogP contribution is -2.68. The molecule has 1 fully saturated rings. The average Bonchev–Trinajstić information content (AvgIpc) is 3.27. The molecule has 0 saturated carbocycles. The molecule has 3 heterocycles. The van der Waals surface area contributed by atoms with Gasteiger partial charge in [-0.05, 0) is 44.9 Å². The number of para-hydroxylation sites is 2. The van der Waals surface area contributed by atoms with Crippen molar-refractivity contribution in [3.8, 4) is 11.5 Å². The van der Waals surface area contributed by atoms with E-state index in [-0.39, 0.29) is 30.3 Å². The van der Waals surface area contributed by atoms with E-state index in [1.807, 2.05) is 64.1 Å². The van der Waals surface area contributed by atoms with Crippen molar-refractivity contribution in [2.75, 3.05) is 26.8 Å². The van der Waals surface area contributed by atoms with E-state index in [0.717, 1.165) is 34.1 Å². The zero-order valence-electron chi connectivity index (χ0n) is 21.1. The molecule has 0 radical (unpaired) electrons. The first-order valence-electron chi connectivity index (χ1n) is 12.4. The van der Waals surface area contributed by atoms with Crippen molar-refractivity contribution < 1.29 is 19.1 Å². The summed E-state index contributed by atoms with van der Waals surface area (Å²) >= 11 is 0. The van der Waals surface area contributed by atoms with Gasteiger partial charge in [-0.2, -0.15) is 0 Å². The summed E-state index contributed by atoms with van der Waals surface area (Å²) in [4.78, 5) is 34.7. The van der Waals surface area contributed by atoms with Gasteiger partial charge in [0.1, 0.15) is 6.54 Å². The smallest absolute Gasteiger partial charge is 0.255 e. The number of rotatable bonds is 6. The fourth-order valence-electron chi connectivity index (χ4n) is 5.75. The number of carbonyl (C=O) groups excluding carboxylic acids is 2. The van der Waals surface area contributed by atoms with Crippen molar-refractivity contribution in [3.05, 3.63) is 59.3 Å². The molecular formula is C28H33N3O4. The standard InChI is InChI=1S/C28H33N3O4/c1-6-17(3)30-16-23(32)31-15-20(18-12-10-14-22(34-5)25(18)35-7-2)24-19-11-8-9-13-21(19)29-26(24)28(31,4)27(30)33/h8-14,17,20,29H,6-7,15-16H2,1-5H3/t17-,20+,28+/m1/s1. The van der Waals surface area contributed by atoms with Gasteiger partial charge < -0.3 is 24.3 Å². The van der Waals surface area contributed by atoms with Crippen LogP contribution >= 0.6 is 0 Å². The van der Waals surface area contributed by atoms with E-state index in [0.29, 0.717) is 24.7 Å². The Morgan fingerprint density at radius 3 is 2.63 bits per heavy atom. The third kappa shape index (κ3) is 3.32. The molecule has 3 atom stereocenters. The third-order valence-corrected chi connectivity index (χ3v) is 7.79. The number of methoxy groups -OCH3 is 1. The highest BCUT2D eigenvalue weighted by atomic mass is 16.5. The second-order valence-corrected chi connectivity index (χ2v) is 9.59. The van der Waals surface area contributed by atoms with Crippen LogP contribution in [0.3, 0.4) is 0 Å². The van der Waals surface area contributed by atoms with Crippen molar-refractivity contribution in [2.45, 2.75) is 51.6 Å². The molecule has 0 unspecified atom stereocenters. The monoisotopic (exact) mass is 475 g/mol. The van der Waals surface area contributed by atoms with Gasteiger partial charge in [-0.1, -0.05) is 37.3 Å². The Bertz CT molecular complexity index is 1300. The Kier molecular flexibility index (Phi) is 5.74. The molecule has 1 saturated heterocycles. The minimum Gasteiger partial charge on any atom is -0.493 e. The largest absolute Gasteiger partial charge is 0.493 e. The number of nitrogens with one attached hydrogen (secondary N) is 1. The maximum atomic E-state index is 14.0. The molecule has 2 aliphatic heterocycles. The number of H-pyrrole nitrogens is 1. The van der Waals surface area contributed by atoms with E-state index in [4.69, 9.17) is 9.47 Å². The Morgan fingerprint density at radius 2 is 1.91 bits per heavy atom. The minimum atomic E-state index is -1.10. The number of hydrogen-bond donors (Lipinski definition) is 1. The fraction of sp³-hybridized carbons (Fsp3) is 0.429. The number of aromatic nitrogens is 1. The lowest BCUT2D eigenvalue weighted by Gasteiger charge is -2.52. The van der Waals surface area contributed by atoms with Crippen LogP contribution in [0.1, 0.15) is 56.9 Å². The molecular weight excluding hydrogens is 442 g/mol. The first-order valence-corrected chi connectivity index (χ1v) is 12.4. The predicted octanol–water partition coefficient (Wildman–Crippen LogP) is 4.41. The highest BCUT2D eigenvalue weighted by molar-refractivity contribution is 6.01. The Morgan fingerprint density at radius 1 is 1.14 bits per heavy atom. The third-order valence-electron chi connectivity index (χ3n) is 7.79. The molecule has 2 aromatic carbocycles. The molecule has 2 aliphatic rings. The Labute approximate surface area is 206 Å². The zero-order valence-corrected chi connectivity index (χ0v) is 21.1. The van der Waals surface area contributed by atoms with E-state index in [9.17, 15) is 9.59 Å². The highest BCUT2D eigenvalue weighted by Gasteiger charge is 2.57. The van der Waals surface area contributed by atoms with Crippen LogP contribution < -0.4 is 9.47 Å². The van der Waals surface area contributed by atoms with Gasteiger partial charge in [0.05, 0.1) is 19.4 Å². The summed E-state index contributed by atoms with van der Waals surface area (Å²) in [6, 6.07) is 14.0. The summed E-state index contributed by atoms with van der Waals surface area (Å²) in [5.74, 6) is 1.08. The van der Waals surface area contributed by atoms with Crippen LogP contribution in [0, 0.1) is 0 Å². The maximum absolute atomic E-state index is 14.0. The van der Waals surface area contributed by atoms with Gasteiger partial charge in [0.2, 0.25) is 5.91 Å². The van der Waals surface area contributed by atoms with Crippen LogP contribution in [0.4, 0.5) is 0 Å². The molecule has 7 nitrogen and oxygen atoms in total. The van der Waals surface area contributed by atoms with Crippen molar-refractivity contribution >= 4 is 22.7 Å². The van der Waals surface area contributed by atoms with Crippen molar-refractivity contribution in [1.82, 2.24) is 14.8 Å². The summed E-state index contributed by atoms with van der Waals surface area (Å²) in [6.07, 6.45) is 0.790. The molecule has 0 aliphatic carbocycles. The number of fused-ring (bicyclic) bond motifs is 5. The number of benzene rings is 2. The van der Waals surface area contributed by atoms with Gasteiger partial charge in [-0.15, -0.1) is 0 Å². The van der Waals surface area contributed by atoms with Crippen LogP contribution in [-0.4, -0.2) is 59.4 Å². The average molecular weight is 476 g/mol. The number of ether oxygens (including phenoxy) is 2. The van der Waals surface area contributed by atoms with Crippen LogP contribution in [0.15, 0.2) is 42.5 Å². The van der Waals surface area contributed by atoms with E-state index < -0.39 is 5.54 Å². The molecule has 35 heavy (non-hydrogen) atoms. The van der Waals surface area contributed by atoms with Crippen LogP contribution in [0.2, 0.25) is 0 Å². The molecule has 0 bridgehead atoms. The number of nitrogens with zero attached hydrogens (tertiary/aromatic N) is 2. The van der Waals surface area contributed by atoms with Crippen molar-refractivity contribution in [3.63, 3.8) is 0 Å². The number of aromatic amines is 1. The zero-order chi connectivity index (χ0) is 24.9. The molecule has 2 amide bonds. The lowest BCUT2D eigenvalue weighted by atomic mass is 9.76. The van der Waals surface area contributed by atoms with E-state index in [1.165, 1.54) is 0 Å². The van der Waals surface area contributed by atoms with Gasteiger partial charge >= 0.3 is 0 Å². The molecule has 3 aromatic rings. The van der Waals surface area contributed by atoms with Crippen molar-refractivity contribution in [2.24, 2.45) is 0 Å². The summed E-state index contributed by atoms with van der Waals surface area (Å²) in [5, 5.41) is 1.06. The maximum Gasteiger partial charge on any atom is 0.255 e. The number of amides is 2. The molecule has 5 rings (SSSR count). The Hall–Kier alpha value is -3.48. The predicted molar refractivity (Wildman–Crippen MR) is 135 cm³/mol. The minimum absolute atomic E-state index is 0.0149. The normalized spacial score (nSPS) is 22.7. The van der Waals surface area contributed by atoms with Gasteiger partial charge in [0.15, 0.2) is 17.0 Å². The number of hydrogen-bond acceptors (Lipinski definition) is 4. The second kappa shape index (κ2) is 8.63. The molecule has 1 N–H and O–H groups in total. The fourth-order valence-corrected chi connectivity index (χ4v) is 5.75. The van der Waals surface area contributed by atoms with Gasteiger partial charge in [0, 0.05) is 35.0 Å². The first-order chi connectivity index (χ1) is 16.9. The molecule has 184 valence electrons. The summed E-state index contributed by atoms with van der Waals surface area (Å²) in [6.45, 7) is 8.86. The SMILES string of the molecule is CCOc1c(OC)cccc1[C@@H]1CN2C(=O)CN([C@H](C)CC)C(=O)[C@]2(C)c2[nH]c3ccccc3c21. The van der Waals surface area contributed by atoms with Crippen LogP contribution in [-0.2, 0) is 15.1 Å². The quantitative estimate of drug-likeness (QED) is 0.573. The van der Waals surface area contributed by atoms with E-state index >= 15 is 0 Å². The molecule has 7 heteroatoms. The summed E-state index contributed by atoms with van der Waals surface area (Å²) < 4.78 is 11.7. The lowest BCUT2D eigenvalue weighted by molar-refractivity contribution is -0.168. The van der Waals surface area contributed by atoms with Crippen LogP contribution in [0.5, 0.6) is 11.5 Å². The Balaban J connectivity index is 1.78. The van der Waals surface area contributed by atoms with Gasteiger partial charge in [-0.3, -0.25) is 9.59 Å². The number of piperazine rings is 1. The summed E-state index contributed by atoms with van der Waals surface area (Å²) in [7, 11) is 1.63. The van der Waals surface area contributed by atoms with Gasteiger partial charge in [0.25, 0.3) is 5.91 Å². The topological polar surface area (TPSA) is 74.9 Å². The first kappa shape index (κ1) is 23.3. The molecule has 0 spiro atoms. The number of carbonyl (C=O) groups is 2. The second-order valence-electron chi connectivity index (χ2n) is 9.59. The highest BCUT2D eigenvalue weighted by Crippen LogP contribution is 2.50. The van der Waals surface area contributed by atoms with E-state index in [2.05, 4.69) is 11.1 Å². The van der Waals surface area contributed by atoms with Crippen molar-refractivity contribution in [1.29, 1.82) is 0 Å². The summed E-state index contributed by atoms with van der Waals surface area (Å²) in [5.41, 5.74) is 2.62. The molecule has 1 aromatic heterocycles. The van der Waals surface area contributed by atoms with E-state index in [1.54, 1.807) is 16.9 Å². The van der Waals surface area contributed by atoms with Gasteiger partial charge in [-0.25, -0.2) is 0 Å². The van der Waals surface area contributed by atoms with Crippen LogP contribution in [0.25, 0.3) is 10.9 Å².